The Kier molecular flexibility index (Phi) is 2.58. The SMILES string of the molecule is CC1(C(=O)N2CCCC(Br)C2)CC1F. The highest BCUT2D eigenvalue weighted by atomic mass is 79.9. The molecule has 2 aliphatic rings. The summed E-state index contributed by atoms with van der Waals surface area (Å²) in [6.45, 7) is 3.27. The minimum atomic E-state index is -0.911. The fourth-order valence-electron chi connectivity index (χ4n) is 2.01. The van der Waals surface area contributed by atoms with E-state index in [9.17, 15) is 9.18 Å². The normalized spacial score (nSPS) is 42.4. The summed E-state index contributed by atoms with van der Waals surface area (Å²) in [5.74, 6) is 0.00847. The van der Waals surface area contributed by atoms with Crippen LogP contribution in [-0.2, 0) is 4.79 Å². The molecule has 0 N–H and O–H groups in total. The molecular formula is C10H15BrFNO. The topological polar surface area (TPSA) is 20.3 Å². The summed E-state index contributed by atoms with van der Waals surface area (Å²) >= 11 is 3.51. The third kappa shape index (κ3) is 1.69. The molecule has 2 nitrogen and oxygen atoms in total. The van der Waals surface area contributed by atoms with Crippen LogP contribution < -0.4 is 0 Å². The number of carbonyl (C=O) groups excluding carboxylic acids is 1. The van der Waals surface area contributed by atoms with E-state index in [1.807, 2.05) is 4.90 Å². The molecule has 3 unspecified atom stereocenters. The van der Waals surface area contributed by atoms with Gasteiger partial charge in [0.05, 0.1) is 5.41 Å². The average molecular weight is 264 g/mol. The molecule has 0 radical (unpaired) electrons. The van der Waals surface area contributed by atoms with Crippen molar-refractivity contribution in [3.05, 3.63) is 0 Å². The molecule has 1 saturated heterocycles. The lowest BCUT2D eigenvalue weighted by atomic mass is 10.0. The summed E-state index contributed by atoms with van der Waals surface area (Å²) in [5, 5.41) is 0. The maximum atomic E-state index is 13.0. The summed E-state index contributed by atoms with van der Waals surface area (Å²) in [5.41, 5.74) is -0.690. The van der Waals surface area contributed by atoms with E-state index in [1.165, 1.54) is 0 Å². The van der Waals surface area contributed by atoms with Gasteiger partial charge in [-0.1, -0.05) is 15.9 Å². The van der Waals surface area contributed by atoms with E-state index < -0.39 is 11.6 Å². The largest absolute Gasteiger partial charge is 0.341 e. The van der Waals surface area contributed by atoms with Gasteiger partial charge >= 0.3 is 0 Å². The summed E-state index contributed by atoms with van der Waals surface area (Å²) in [6.07, 6.45) is 1.63. The molecule has 0 aromatic heterocycles. The average Bonchev–Trinajstić information content (AvgIpc) is 2.75. The highest BCUT2D eigenvalue weighted by Gasteiger charge is 2.58. The predicted molar refractivity (Wildman–Crippen MR) is 56.1 cm³/mol. The molecule has 0 aromatic rings. The van der Waals surface area contributed by atoms with Gasteiger partial charge in [-0.2, -0.15) is 0 Å². The van der Waals surface area contributed by atoms with Crippen molar-refractivity contribution in [2.45, 2.75) is 37.2 Å². The molecule has 1 heterocycles. The second-order valence-corrected chi connectivity index (χ2v) is 5.87. The number of likely N-dealkylation sites (tertiary alicyclic amines) is 1. The van der Waals surface area contributed by atoms with Gasteiger partial charge in [-0.05, 0) is 26.2 Å². The van der Waals surface area contributed by atoms with Crippen LogP contribution in [0, 0.1) is 5.41 Å². The Labute approximate surface area is 92.0 Å². The number of halogens is 2. The molecule has 80 valence electrons. The van der Waals surface area contributed by atoms with Crippen molar-refractivity contribution in [3.63, 3.8) is 0 Å². The van der Waals surface area contributed by atoms with E-state index in [-0.39, 0.29) is 5.91 Å². The van der Waals surface area contributed by atoms with Crippen molar-refractivity contribution in [1.29, 1.82) is 0 Å². The Bertz CT molecular complexity index is 261. The van der Waals surface area contributed by atoms with Gasteiger partial charge in [-0.3, -0.25) is 4.79 Å². The number of amides is 1. The van der Waals surface area contributed by atoms with Crippen LogP contribution >= 0.6 is 15.9 Å². The number of nitrogens with zero attached hydrogens (tertiary/aromatic N) is 1. The van der Waals surface area contributed by atoms with Crippen molar-refractivity contribution in [1.82, 2.24) is 4.90 Å². The first kappa shape index (κ1) is 10.4. The van der Waals surface area contributed by atoms with Gasteiger partial charge in [0.15, 0.2) is 0 Å². The van der Waals surface area contributed by atoms with Gasteiger partial charge in [0, 0.05) is 17.9 Å². The van der Waals surface area contributed by atoms with Gasteiger partial charge < -0.3 is 4.90 Å². The molecule has 2 fully saturated rings. The Morgan fingerprint density at radius 3 is 2.79 bits per heavy atom. The van der Waals surface area contributed by atoms with Crippen molar-refractivity contribution >= 4 is 21.8 Å². The van der Waals surface area contributed by atoms with Crippen LogP contribution in [0.3, 0.4) is 0 Å². The van der Waals surface area contributed by atoms with Crippen LogP contribution in [0.5, 0.6) is 0 Å². The summed E-state index contributed by atoms with van der Waals surface area (Å²) < 4.78 is 13.0. The molecular weight excluding hydrogens is 249 g/mol. The number of alkyl halides is 2. The molecule has 0 spiro atoms. The lowest BCUT2D eigenvalue weighted by Crippen LogP contribution is -2.44. The molecule has 1 saturated carbocycles. The van der Waals surface area contributed by atoms with Crippen molar-refractivity contribution in [2.24, 2.45) is 5.41 Å². The molecule has 1 aliphatic heterocycles. The Morgan fingerprint density at radius 2 is 2.29 bits per heavy atom. The summed E-state index contributed by atoms with van der Waals surface area (Å²) in [7, 11) is 0. The first-order valence-electron chi connectivity index (χ1n) is 5.11. The predicted octanol–water partition coefficient (Wildman–Crippen LogP) is 2.12. The van der Waals surface area contributed by atoms with E-state index in [0.29, 0.717) is 11.2 Å². The molecule has 3 atom stereocenters. The standard InChI is InChI=1S/C10H15BrFNO/c1-10(5-8(10)12)9(14)13-4-2-3-7(11)6-13/h7-8H,2-6H2,1H3. The molecule has 4 heteroatoms. The highest BCUT2D eigenvalue weighted by molar-refractivity contribution is 9.09. The Balaban J connectivity index is 1.98. The van der Waals surface area contributed by atoms with Crippen LogP contribution in [0.2, 0.25) is 0 Å². The second kappa shape index (κ2) is 3.47. The molecule has 1 amide bonds. The van der Waals surface area contributed by atoms with Crippen LogP contribution in [0.1, 0.15) is 26.2 Å². The zero-order valence-electron chi connectivity index (χ0n) is 8.30. The number of hydrogen-bond donors (Lipinski definition) is 0. The van der Waals surface area contributed by atoms with Gasteiger partial charge in [-0.25, -0.2) is 4.39 Å². The minimum absolute atomic E-state index is 0.00847. The fraction of sp³-hybridized carbons (Fsp3) is 0.900. The second-order valence-electron chi connectivity index (χ2n) is 4.58. The van der Waals surface area contributed by atoms with Crippen LogP contribution in [0.25, 0.3) is 0 Å². The van der Waals surface area contributed by atoms with E-state index in [1.54, 1.807) is 6.92 Å². The van der Waals surface area contributed by atoms with Crippen LogP contribution in [0.15, 0.2) is 0 Å². The van der Waals surface area contributed by atoms with Gasteiger partial charge in [0.1, 0.15) is 6.17 Å². The van der Waals surface area contributed by atoms with E-state index in [4.69, 9.17) is 0 Å². The summed E-state index contributed by atoms with van der Waals surface area (Å²) in [4.78, 5) is 14.1. The maximum Gasteiger partial charge on any atom is 0.231 e. The number of rotatable bonds is 1. The van der Waals surface area contributed by atoms with E-state index in [2.05, 4.69) is 15.9 Å². The monoisotopic (exact) mass is 263 g/mol. The van der Waals surface area contributed by atoms with Gasteiger partial charge in [-0.15, -0.1) is 0 Å². The molecule has 14 heavy (non-hydrogen) atoms. The maximum absolute atomic E-state index is 13.0. The number of piperidine rings is 1. The Hall–Kier alpha value is -0.120. The highest BCUT2D eigenvalue weighted by Crippen LogP contribution is 2.49. The molecule has 2 rings (SSSR count). The molecule has 0 bridgehead atoms. The minimum Gasteiger partial charge on any atom is -0.341 e. The summed E-state index contributed by atoms with van der Waals surface area (Å²) in [6, 6.07) is 0. The third-order valence-electron chi connectivity index (χ3n) is 3.27. The molecule has 0 aromatic carbocycles. The van der Waals surface area contributed by atoms with Gasteiger partial charge in [0.2, 0.25) is 5.91 Å². The van der Waals surface area contributed by atoms with E-state index in [0.717, 1.165) is 25.9 Å². The lowest BCUT2D eigenvalue weighted by molar-refractivity contribution is -0.137. The Morgan fingerprint density at radius 1 is 1.64 bits per heavy atom. The van der Waals surface area contributed by atoms with Gasteiger partial charge in [0.25, 0.3) is 0 Å². The zero-order valence-corrected chi connectivity index (χ0v) is 9.89. The zero-order chi connectivity index (χ0) is 10.3. The van der Waals surface area contributed by atoms with E-state index >= 15 is 0 Å². The van der Waals surface area contributed by atoms with Crippen molar-refractivity contribution in [2.75, 3.05) is 13.1 Å². The van der Waals surface area contributed by atoms with Crippen LogP contribution in [0.4, 0.5) is 4.39 Å². The fourth-order valence-corrected chi connectivity index (χ4v) is 2.68. The smallest absolute Gasteiger partial charge is 0.231 e. The quantitative estimate of drug-likeness (QED) is 0.664. The number of carbonyl (C=O) groups is 1. The lowest BCUT2D eigenvalue weighted by Gasteiger charge is -2.32. The first-order chi connectivity index (χ1) is 6.54. The molecule has 1 aliphatic carbocycles. The van der Waals surface area contributed by atoms with Crippen molar-refractivity contribution in [3.8, 4) is 0 Å². The van der Waals surface area contributed by atoms with Crippen molar-refractivity contribution < 1.29 is 9.18 Å². The third-order valence-corrected chi connectivity index (χ3v) is 4.02. The number of hydrogen-bond acceptors (Lipinski definition) is 1. The first-order valence-corrected chi connectivity index (χ1v) is 6.03. The van der Waals surface area contributed by atoms with Crippen LogP contribution in [-0.4, -0.2) is 34.9 Å².